The van der Waals surface area contributed by atoms with Crippen LogP contribution in [-0.4, -0.2) is 11.1 Å². The highest BCUT2D eigenvalue weighted by atomic mass is 79.9. The summed E-state index contributed by atoms with van der Waals surface area (Å²) in [7, 11) is 0. The second-order valence-corrected chi connectivity index (χ2v) is 9.96. The molecule has 1 fully saturated rings. The summed E-state index contributed by atoms with van der Waals surface area (Å²) in [5.74, 6) is 0.342. The third-order valence-corrected chi connectivity index (χ3v) is 6.87. The van der Waals surface area contributed by atoms with Crippen LogP contribution >= 0.6 is 50.9 Å². The molecule has 33 heavy (non-hydrogen) atoms. The fourth-order valence-corrected chi connectivity index (χ4v) is 5.05. The summed E-state index contributed by atoms with van der Waals surface area (Å²) in [6.45, 7) is 2.46. The smallest absolute Gasteiger partial charge is 0.264 e. The van der Waals surface area contributed by atoms with E-state index in [9.17, 15) is 4.79 Å². The molecule has 0 radical (unpaired) electrons. The summed E-state index contributed by atoms with van der Waals surface area (Å²) in [4.78, 5) is 17.5. The Bertz CT molecular complexity index is 1220. The predicted octanol–water partition coefficient (Wildman–Crippen LogP) is 7.79. The second-order valence-electron chi connectivity index (χ2n) is 7.23. The number of halogens is 3. The van der Waals surface area contributed by atoms with Gasteiger partial charge in [0.25, 0.3) is 5.91 Å². The number of amidine groups is 1. The molecule has 4 rings (SSSR count). The summed E-state index contributed by atoms with van der Waals surface area (Å²) in [6.07, 6.45) is 2.75. The standard InChI is InChI=1S/C25H19BrCl2N2O2S/c1-2-15-5-9-19(10-6-15)29-25-30-24(31)22(33-25)13-17-11-20(26)23(21(28)12-17)32-14-16-3-7-18(27)8-4-16/h3-13H,2,14H2,1H3,(H,29,30,31)/b22-13-. The Hall–Kier alpha value is -2.25. The predicted molar refractivity (Wildman–Crippen MR) is 142 cm³/mol. The van der Waals surface area contributed by atoms with E-state index in [0.717, 1.165) is 23.2 Å². The molecule has 1 aliphatic rings. The van der Waals surface area contributed by atoms with Gasteiger partial charge in [0.05, 0.1) is 20.1 Å². The number of hydrogen-bond acceptors (Lipinski definition) is 4. The number of thioether (sulfide) groups is 1. The van der Waals surface area contributed by atoms with Gasteiger partial charge in [-0.15, -0.1) is 0 Å². The number of aliphatic imine (C=N–C) groups is 1. The maximum absolute atomic E-state index is 12.4. The van der Waals surface area contributed by atoms with Gasteiger partial charge >= 0.3 is 0 Å². The molecule has 0 spiro atoms. The highest BCUT2D eigenvalue weighted by Gasteiger charge is 2.24. The van der Waals surface area contributed by atoms with Crippen LogP contribution in [0, 0.1) is 0 Å². The number of benzene rings is 3. The van der Waals surface area contributed by atoms with Crippen LogP contribution in [0.2, 0.25) is 10.0 Å². The molecule has 3 aromatic rings. The molecule has 1 saturated heterocycles. The second kappa shape index (κ2) is 10.8. The molecule has 1 N–H and O–H groups in total. The zero-order valence-corrected chi connectivity index (χ0v) is 21.5. The number of ether oxygens (including phenoxy) is 1. The third-order valence-electron chi connectivity index (χ3n) is 4.84. The lowest BCUT2D eigenvalue weighted by Crippen LogP contribution is -2.19. The van der Waals surface area contributed by atoms with Crippen LogP contribution in [0.3, 0.4) is 0 Å². The number of nitrogens with zero attached hydrogens (tertiary/aromatic N) is 1. The van der Waals surface area contributed by atoms with E-state index in [1.807, 2.05) is 54.6 Å². The van der Waals surface area contributed by atoms with Gasteiger partial charge < -0.3 is 10.1 Å². The van der Waals surface area contributed by atoms with Gasteiger partial charge in [0.2, 0.25) is 0 Å². The van der Waals surface area contributed by atoms with Crippen molar-refractivity contribution >= 4 is 73.7 Å². The first-order chi connectivity index (χ1) is 15.9. The lowest BCUT2D eigenvalue weighted by Gasteiger charge is -2.11. The Labute approximate surface area is 215 Å². The minimum atomic E-state index is -0.195. The average Bonchev–Trinajstić information content (AvgIpc) is 3.13. The van der Waals surface area contributed by atoms with Gasteiger partial charge in [0, 0.05) is 5.02 Å². The Morgan fingerprint density at radius 1 is 1.06 bits per heavy atom. The van der Waals surface area contributed by atoms with Crippen LogP contribution in [0.5, 0.6) is 5.75 Å². The minimum Gasteiger partial charge on any atom is -0.486 e. The van der Waals surface area contributed by atoms with E-state index < -0.39 is 0 Å². The third kappa shape index (κ3) is 6.21. The van der Waals surface area contributed by atoms with Crippen LogP contribution in [0.4, 0.5) is 5.69 Å². The molecule has 0 aliphatic carbocycles. The molecule has 1 heterocycles. The molecule has 8 heteroatoms. The Morgan fingerprint density at radius 2 is 1.76 bits per heavy atom. The van der Waals surface area contributed by atoms with E-state index in [1.54, 1.807) is 12.1 Å². The number of nitrogens with one attached hydrogen (secondary N) is 1. The molecule has 0 unspecified atom stereocenters. The van der Waals surface area contributed by atoms with Gasteiger partial charge in [0.15, 0.2) is 10.9 Å². The monoisotopic (exact) mass is 560 g/mol. The van der Waals surface area contributed by atoms with Crippen molar-refractivity contribution in [1.29, 1.82) is 0 Å². The van der Waals surface area contributed by atoms with Crippen LogP contribution in [0.15, 0.2) is 75.0 Å². The quantitative estimate of drug-likeness (QED) is 0.312. The van der Waals surface area contributed by atoms with Gasteiger partial charge in [-0.2, -0.15) is 0 Å². The molecule has 0 saturated carbocycles. The number of carbonyl (C=O) groups is 1. The van der Waals surface area contributed by atoms with Crippen molar-refractivity contribution in [3.8, 4) is 5.75 Å². The lowest BCUT2D eigenvalue weighted by atomic mass is 10.2. The molecule has 0 aromatic heterocycles. The largest absolute Gasteiger partial charge is 0.486 e. The SMILES string of the molecule is CCc1ccc(N=C2NC(=O)/C(=C/c3cc(Cl)c(OCc4ccc(Cl)cc4)c(Br)c3)S2)cc1. The van der Waals surface area contributed by atoms with Crippen molar-refractivity contribution < 1.29 is 9.53 Å². The number of rotatable bonds is 6. The van der Waals surface area contributed by atoms with Gasteiger partial charge in [-0.3, -0.25) is 4.79 Å². The van der Waals surface area contributed by atoms with Crippen LogP contribution in [0.25, 0.3) is 6.08 Å². The number of aryl methyl sites for hydroxylation is 1. The van der Waals surface area contributed by atoms with Gasteiger partial charge in [-0.05, 0) is 93.3 Å². The summed E-state index contributed by atoms with van der Waals surface area (Å²) in [5.41, 5.74) is 3.79. The molecule has 0 bridgehead atoms. The maximum Gasteiger partial charge on any atom is 0.264 e. The van der Waals surface area contributed by atoms with Crippen LogP contribution in [0.1, 0.15) is 23.6 Å². The molecule has 0 atom stereocenters. The minimum absolute atomic E-state index is 0.195. The summed E-state index contributed by atoms with van der Waals surface area (Å²) in [6, 6.07) is 19.0. The van der Waals surface area contributed by atoms with Crippen molar-refractivity contribution in [1.82, 2.24) is 5.32 Å². The first-order valence-corrected chi connectivity index (χ1v) is 12.5. The number of carbonyl (C=O) groups excluding carboxylic acids is 1. The van der Waals surface area contributed by atoms with Gasteiger partial charge in [0.1, 0.15) is 6.61 Å². The average molecular weight is 562 g/mol. The molecule has 4 nitrogen and oxygen atoms in total. The fraction of sp³-hybridized carbons (Fsp3) is 0.120. The summed E-state index contributed by atoms with van der Waals surface area (Å²) < 4.78 is 6.59. The van der Waals surface area contributed by atoms with Crippen LogP contribution < -0.4 is 10.1 Å². The highest BCUT2D eigenvalue weighted by Crippen LogP contribution is 2.37. The zero-order valence-electron chi connectivity index (χ0n) is 17.6. The number of amides is 1. The van der Waals surface area contributed by atoms with Crippen molar-refractivity contribution in [2.45, 2.75) is 20.0 Å². The molecular weight excluding hydrogens is 543 g/mol. The first-order valence-electron chi connectivity index (χ1n) is 10.2. The topological polar surface area (TPSA) is 50.7 Å². The van der Waals surface area contributed by atoms with E-state index in [-0.39, 0.29) is 5.91 Å². The zero-order chi connectivity index (χ0) is 23.4. The molecule has 3 aromatic carbocycles. The Morgan fingerprint density at radius 3 is 2.42 bits per heavy atom. The van der Waals surface area contributed by atoms with E-state index in [0.29, 0.717) is 36.9 Å². The van der Waals surface area contributed by atoms with Crippen molar-refractivity contribution in [3.63, 3.8) is 0 Å². The Balaban J connectivity index is 1.48. The molecule has 1 aliphatic heterocycles. The first kappa shape index (κ1) is 23.9. The molecule has 1 amide bonds. The van der Waals surface area contributed by atoms with Gasteiger partial charge in [-0.1, -0.05) is 54.4 Å². The fourth-order valence-electron chi connectivity index (χ4n) is 3.09. The summed E-state index contributed by atoms with van der Waals surface area (Å²) >= 11 is 17.2. The number of hydrogen-bond donors (Lipinski definition) is 1. The molecular formula is C25H19BrCl2N2O2S. The van der Waals surface area contributed by atoms with Crippen molar-refractivity contribution in [3.05, 3.63) is 96.8 Å². The van der Waals surface area contributed by atoms with E-state index in [1.165, 1.54) is 17.3 Å². The van der Waals surface area contributed by atoms with Gasteiger partial charge in [-0.25, -0.2) is 4.99 Å². The Kier molecular flexibility index (Phi) is 7.81. The van der Waals surface area contributed by atoms with Crippen LogP contribution in [-0.2, 0) is 17.8 Å². The molecule has 168 valence electrons. The maximum atomic E-state index is 12.4. The summed E-state index contributed by atoms with van der Waals surface area (Å²) in [5, 5.41) is 4.47. The highest BCUT2D eigenvalue weighted by molar-refractivity contribution is 9.10. The van der Waals surface area contributed by atoms with E-state index in [4.69, 9.17) is 27.9 Å². The van der Waals surface area contributed by atoms with Crippen molar-refractivity contribution in [2.24, 2.45) is 4.99 Å². The van der Waals surface area contributed by atoms with E-state index >= 15 is 0 Å². The lowest BCUT2D eigenvalue weighted by molar-refractivity contribution is -0.115. The van der Waals surface area contributed by atoms with Crippen molar-refractivity contribution in [2.75, 3.05) is 0 Å². The van der Waals surface area contributed by atoms with E-state index in [2.05, 4.69) is 33.2 Å². The normalized spacial score (nSPS) is 15.8.